The van der Waals surface area contributed by atoms with Gasteiger partial charge in [-0.1, -0.05) is 11.6 Å². The van der Waals surface area contributed by atoms with Crippen LogP contribution in [-0.4, -0.2) is 26.9 Å². The molecule has 0 atom stereocenters. The standard InChI is InChI=1S/C21H19ClFN5O/c1-10-26-27-20-21(2,3)25-17-15(22)9-14(19(29-4)18(17)28(10)20)13-7-11(23)8-16-12(13)5-6-24-16/h5-9,24-25H,1-4H3. The molecule has 2 aromatic carbocycles. The molecule has 2 N–H and O–H groups in total. The quantitative estimate of drug-likeness (QED) is 0.476. The van der Waals surface area contributed by atoms with Crippen molar-refractivity contribution >= 4 is 28.2 Å². The number of aryl methyl sites for hydroxylation is 1. The minimum Gasteiger partial charge on any atom is -0.494 e. The number of methoxy groups -OCH3 is 1. The zero-order valence-electron chi connectivity index (χ0n) is 16.4. The second-order valence-corrected chi connectivity index (χ2v) is 8.12. The molecule has 1 aliphatic rings. The fourth-order valence-corrected chi connectivity index (χ4v) is 4.36. The molecule has 8 heteroatoms. The van der Waals surface area contributed by atoms with E-state index in [4.69, 9.17) is 16.3 Å². The van der Waals surface area contributed by atoms with Gasteiger partial charge in [0.1, 0.15) is 17.3 Å². The third kappa shape index (κ3) is 2.47. The van der Waals surface area contributed by atoms with E-state index in [2.05, 4.69) is 20.5 Å². The first-order chi connectivity index (χ1) is 13.8. The Morgan fingerprint density at radius 1 is 1.17 bits per heavy atom. The van der Waals surface area contributed by atoms with Gasteiger partial charge in [-0.3, -0.25) is 4.57 Å². The number of fused-ring (bicyclic) bond motifs is 4. The number of hydrogen-bond donors (Lipinski definition) is 2. The molecule has 5 rings (SSSR count). The third-order valence-corrected chi connectivity index (χ3v) is 5.68. The van der Waals surface area contributed by atoms with E-state index in [-0.39, 0.29) is 5.82 Å². The number of nitrogens with zero attached hydrogens (tertiary/aromatic N) is 3. The van der Waals surface area contributed by atoms with Crippen LogP contribution in [0.15, 0.2) is 30.5 Å². The summed E-state index contributed by atoms with van der Waals surface area (Å²) in [6, 6.07) is 6.69. The fraction of sp³-hybridized carbons (Fsp3) is 0.238. The van der Waals surface area contributed by atoms with E-state index in [0.717, 1.165) is 22.6 Å². The van der Waals surface area contributed by atoms with Crippen molar-refractivity contribution in [2.45, 2.75) is 26.3 Å². The highest BCUT2D eigenvalue weighted by molar-refractivity contribution is 6.34. The summed E-state index contributed by atoms with van der Waals surface area (Å²) in [5.74, 6) is 1.70. The number of benzene rings is 2. The number of rotatable bonds is 2. The van der Waals surface area contributed by atoms with Gasteiger partial charge in [-0.2, -0.15) is 0 Å². The van der Waals surface area contributed by atoms with Crippen LogP contribution in [0.4, 0.5) is 10.1 Å². The molecule has 0 aliphatic carbocycles. The lowest BCUT2D eigenvalue weighted by molar-refractivity contribution is 0.411. The number of aromatic nitrogens is 4. The molecule has 0 spiro atoms. The van der Waals surface area contributed by atoms with E-state index in [1.807, 2.05) is 37.5 Å². The summed E-state index contributed by atoms with van der Waals surface area (Å²) in [4.78, 5) is 3.06. The van der Waals surface area contributed by atoms with Gasteiger partial charge in [0.25, 0.3) is 0 Å². The maximum Gasteiger partial charge on any atom is 0.162 e. The van der Waals surface area contributed by atoms with E-state index in [0.29, 0.717) is 33.2 Å². The molecule has 0 amide bonds. The number of halogens is 2. The van der Waals surface area contributed by atoms with Crippen molar-refractivity contribution in [2.24, 2.45) is 0 Å². The number of nitrogens with one attached hydrogen (secondary N) is 2. The van der Waals surface area contributed by atoms with Gasteiger partial charge >= 0.3 is 0 Å². The highest BCUT2D eigenvalue weighted by Crippen LogP contribution is 2.50. The van der Waals surface area contributed by atoms with Crippen LogP contribution in [0.25, 0.3) is 27.7 Å². The lowest BCUT2D eigenvalue weighted by Crippen LogP contribution is -2.36. The zero-order valence-corrected chi connectivity index (χ0v) is 17.1. The molecule has 0 unspecified atom stereocenters. The van der Waals surface area contributed by atoms with Gasteiger partial charge in [0.05, 0.1) is 23.4 Å². The molecule has 0 saturated heterocycles. The molecule has 2 aromatic heterocycles. The minimum atomic E-state index is -0.475. The normalized spacial score (nSPS) is 14.4. The molecule has 4 aromatic rings. The topological polar surface area (TPSA) is 67.8 Å². The Hall–Kier alpha value is -3.06. The van der Waals surface area contributed by atoms with E-state index in [9.17, 15) is 4.39 Å². The number of anilines is 1. The van der Waals surface area contributed by atoms with Gasteiger partial charge in [0.2, 0.25) is 0 Å². The second kappa shape index (κ2) is 5.97. The van der Waals surface area contributed by atoms with Crippen LogP contribution in [0.3, 0.4) is 0 Å². The van der Waals surface area contributed by atoms with Crippen LogP contribution < -0.4 is 10.1 Å². The Morgan fingerprint density at radius 3 is 2.72 bits per heavy atom. The average molecular weight is 412 g/mol. The Kier molecular flexibility index (Phi) is 3.70. The van der Waals surface area contributed by atoms with Crippen molar-refractivity contribution < 1.29 is 9.13 Å². The van der Waals surface area contributed by atoms with Crippen molar-refractivity contribution in [1.82, 2.24) is 19.7 Å². The molecule has 148 valence electrons. The molecule has 0 radical (unpaired) electrons. The van der Waals surface area contributed by atoms with Crippen LogP contribution in [0.1, 0.15) is 25.5 Å². The van der Waals surface area contributed by atoms with Crippen LogP contribution in [-0.2, 0) is 5.54 Å². The molecule has 0 bridgehead atoms. The highest BCUT2D eigenvalue weighted by atomic mass is 35.5. The average Bonchev–Trinajstić information content (AvgIpc) is 3.28. The number of H-pyrrole nitrogens is 1. The van der Waals surface area contributed by atoms with Crippen LogP contribution >= 0.6 is 11.6 Å². The first kappa shape index (κ1) is 18.0. The van der Waals surface area contributed by atoms with Gasteiger partial charge in [0, 0.05) is 22.7 Å². The van der Waals surface area contributed by atoms with Crippen LogP contribution in [0, 0.1) is 12.7 Å². The SMILES string of the molecule is COc1c(-c2cc(F)cc3[nH]ccc23)cc(Cl)c2c1-n1c(C)nnc1C(C)(C)N2. The van der Waals surface area contributed by atoms with Crippen molar-refractivity contribution in [1.29, 1.82) is 0 Å². The summed E-state index contributed by atoms with van der Waals surface area (Å²) in [5, 5.41) is 13.5. The monoisotopic (exact) mass is 411 g/mol. The highest BCUT2D eigenvalue weighted by Gasteiger charge is 2.38. The minimum absolute atomic E-state index is 0.341. The summed E-state index contributed by atoms with van der Waals surface area (Å²) in [6.07, 6.45) is 1.78. The van der Waals surface area contributed by atoms with Crippen molar-refractivity contribution in [3.05, 3.63) is 53.0 Å². The Morgan fingerprint density at radius 2 is 1.97 bits per heavy atom. The number of ether oxygens (including phenoxy) is 1. The summed E-state index contributed by atoms with van der Waals surface area (Å²) >= 11 is 6.73. The lowest BCUT2D eigenvalue weighted by atomic mass is 9.95. The predicted molar refractivity (Wildman–Crippen MR) is 112 cm³/mol. The summed E-state index contributed by atoms with van der Waals surface area (Å²) < 4.78 is 22.2. The molecule has 6 nitrogen and oxygen atoms in total. The van der Waals surface area contributed by atoms with Gasteiger partial charge in [-0.15, -0.1) is 10.2 Å². The van der Waals surface area contributed by atoms with E-state index in [1.54, 1.807) is 13.3 Å². The predicted octanol–water partition coefficient (Wildman–Crippen LogP) is 5.19. The van der Waals surface area contributed by atoms with Gasteiger partial charge in [-0.25, -0.2) is 4.39 Å². The summed E-state index contributed by atoms with van der Waals surface area (Å²) in [6.45, 7) is 5.92. The summed E-state index contributed by atoms with van der Waals surface area (Å²) in [5.41, 5.74) is 3.07. The van der Waals surface area contributed by atoms with Gasteiger partial charge in [0.15, 0.2) is 11.6 Å². The van der Waals surface area contributed by atoms with Crippen molar-refractivity contribution in [2.75, 3.05) is 12.4 Å². The number of hydrogen-bond acceptors (Lipinski definition) is 4. The fourth-order valence-electron chi connectivity index (χ4n) is 4.12. The Labute approximate surface area is 171 Å². The molecule has 0 saturated carbocycles. The molecular formula is C21H19ClFN5O. The maximum atomic E-state index is 14.4. The first-order valence-corrected chi connectivity index (χ1v) is 9.58. The largest absolute Gasteiger partial charge is 0.494 e. The summed E-state index contributed by atoms with van der Waals surface area (Å²) in [7, 11) is 1.60. The van der Waals surface area contributed by atoms with E-state index >= 15 is 0 Å². The molecule has 0 fully saturated rings. The van der Waals surface area contributed by atoms with Crippen molar-refractivity contribution in [3.8, 4) is 22.6 Å². The molecule has 3 heterocycles. The Balaban J connectivity index is 1.90. The second-order valence-electron chi connectivity index (χ2n) is 7.71. The Bertz CT molecular complexity index is 1290. The van der Waals surface area contributed by atoms with Crippen LogP contribution in [0.5, 0.6) is 5.75 Å². The van der Waals surface area contributed by atoms with Gasteiger partial charge < -0.3 is 15.0 Å². The first-order valence-electron chi connectivity index (χ1n) is 9.20. The molecular weight excluding hydrogens is 393 g/mol. The number of aromatic amines is 1. The maximum absolute atomic E-state index is 14.4. The van der Waals surface area contributed by atoms with Gasteiger partial charge in [-0.05, 0) is 50.6 Å². The zero-order chi connectivity index (χ0) is 20.5. The smallest absolute Gasteiger partial charge is 0.162 e. The molecule has 29 heavy (non-hydrogen) atoms. The van der Waals surface area contributed by atoms with E-state index < -0.39 is 5.54 Å². The third-order valence-electron chi connectivity index (χ3n) is 5.38. The lowest BCUT2D eigenvalue weighted by Gasteiger charge is -2.35. The van der Waals surface area contributed by atoms with Crippen molar-refractivity contribution in [3.63, 3.8) is 0 Å². The van der Waals surface area contributed by atoms with Crippen LogP contribution in [0.2, 0.25) is 5.02 Å². The van der Waals surface area contributed by atoms with E-state index in [1.165, 1.54) is 12.1 Å². The molecule has 1 aliphatic heterocycles.